The van der Waals surface area contributed by atoms with Crippen LogP contribution in [0.15, 0.2) is 46.8 Å². The number of ketones is 1. The molecule has 0 N–H and O–H groups in total. The van der Waals surface area contributed by atoms with Crippen LogP contribution in [0.3, 0.4) is 0 Å². The van der Waals surface area contributed by atoms with Crippen LogP contribution in [0.4, 0.5) is 0 Å². The Bertz CT molecular complexity index is 542. The summed E-state index contributed by atoms with van der Waals surface area (Å²) in [4.78, 5) is 12.3. The maximum atomic E-state index is 12.3. The molecule has 0 aromatic carbocycles. The largest absolute Gasteiger partial charge is 0.496 e. The second kappa shape index (κ2) is 7.62. The standard InChI is InChI=1S/C20H30O2/c1-8-9-10-11-14(2)18(22-7)12-17-16(4)19(21)15(3)13-20(17,5)6/h9-12,15H,8,13H2,1-7H3/b10-9+,14-11+,18-12-. The van der Waals surface area contributed by atoms with Crippen LogP contribution in [0.25, 0.3) is 0 Å². The Kier molecular flexibility index (Phi) is 6.40. The maximum absolute atomic E-state index is 12.3. The summed E-state index contributed by atoms with van der Waals surface area (Å²) in [6.45, 7) is 12.5. The first-order valence-electron chi connectivity index (χ1n) is 8.09. The molecule has 0 radical (unpaired) electrons. The van der Waals surface area contributed by atoms with E-state index in [1.807, 2.05) is 32.9 Å². The molecule has 2 nitrogen and oxygen atoms in total. The van der Waals surface area contributed by atoms with Crippen molar-refractivity contribution >= 4 is 5.78 Å². The summed E-state index contributed by atoms with van der Waals surface area (Å²) >= 11 is 0. The molecule has 0 saturated heterocycles. The van der Waals surface area contributed by atoms with Gasteiger partial charge in [0.2, 0.25) is 0 Å². The van der Waals surface area contributed by atoms with E-state index in [0.29, 0.717) is 0 Å². The fourth-order valence-corrected chi connectivity index (χ4v) is 3.18. The smallest absolute Gasteiger partial charge is 0.161 e. The molecule has 0 aliphatic heterocycles. The number of Topliss-reactive ketones (excluding diaryl/α,β-unsaturated/α-hetero) is 1. The Hall–Kier alpha value is -1.57. The third kappa shape index (κ3) is 4.22. The molecule has 1 aliphatic rings. The van der Waals surface area contributed by atoms with Crippen molar-refractivity contribution in [3.63, 3.8) is 0 Å². The van der Waals surface area contributed by atoms with Gasteiger partial charge in [-0.3, -0.25) is 4.79 Å². The molecule has 0 fully saturated rings. The lowest BCUT2D eigenvalue weighted by Crippen LogP contribution is -2.30. The minimum atomic E-state index is -0.0132. The Morgan fingerprint density at radius 3 is 2.59 bits per heavy atom. The first-order valence-corrected chi connectivity index (χ1v) is 8.09. The average Bonchev–Trinajstić information content (AvgIpc) is 2.45. The minimum Gasteiger partial charge on any atom is -0.496 e. The summed E-state index contributed by atoms with van der Waals surface area (Å²) < 4.78 is 5.56. The molecule has 1 rings (SSSR count). The molecule has 1 atom stereocenters. The summed E-state index contributed by atoms with van der Waals surface area (Å²) in [7, 11) is 1.68. The van der Waals surface area contributed by atoms with Crippen LogP contribution < -0.4 is 0 Å². The minimum absolute atomic E-state index is 0.0132. The highest BCUT2D eigenvalue weighted by molar-refractivity contribution is 5.98. The van der Waals surface area contributed by atoms with Gasteiger partial charge in [-0.05, 0) is 54.9 Å². The van der Waals surface area contributed by atoms with E-state index in [4.69, 9.17) is 4.74 Å². The molecule has 0 aromatic rings. The average molecular weight is 302 g/mol. The van der Waals surface area contributed by atoms with Gasteiger partial charge in [-0.1, -0.05) is 45.9 Å². The van der Waals surface area contributed by atoms with Crippen molar-refractivity contribution in [2.75, 3.05) is 7.11 Å². The molecule has 2 heteroatoms. The number of carbonyl (C=O) groups is 1. The van der Waals surface area contributed by atoms with Gasteiger partial charge in [0.1, 0.15) is 5.76 Å². The van der Waals surface area contributed by atoms with Crippen LogP contribution >= 0.6 is 0 Å². The van der Waals surface area contributed by atoms with E-state index in [9.17, 15) is 4.79 Å². The van der Waals surface area contributed by atoms with Gasteiger partial charge >= 0.3 is 0 Å². The third-order valence-electron chi connectivity index (χ3n) is 4.37. The highest BCUT2D eigenvalue weighted by atomic mass is 16.5. The lowest BCUT2D eigenvalue weighted by Gasteiger charge is -2.35. The first kappa shape index (κ1) is 18.5. The zero-order chi connectivity index (χ0) is 16.9. The molecule has 0 bridgehead atoms. The number of allylic oxidation sites excluding steroid dienone is 7. The van der Waals surface area contributed by atoms with E-state index in [1.54, 1.807) is 7.11 Å². The van der Waals surface area contributed by atoms with E-state index < -0.39 is 0 Å². The molecule has 0 spiro atoms. The second-order valence-corrected chi connectivity index (χ2v) is 6.79. The first-order chi connectivity index (χ1) is 10.2. The van der Waals surface area contributed by atoms with E-state index in [2.05, 4.69) is 32.9 Å². The molecular formula is C20H30O2. The Morgan fingerprint density at radius 1 is 1.41 bits per heavy atom. The molecule has 1 aliphatic carbocycles. The molecule has 22 heavy (non-hydrogen) atoms. The molecular weight excluding hydrogens is 272 g/mol. The zero-order valence-corrected chi connectivity index (χ0v) is 15.1. The van der Waals surface area contributed by atoms with Crippen molar-refractivity contribution in [1.29, 1.82) is 0 Å². The maximum Gasteiger partial charge on any atom is 0.161 e. The molecule has 0 heterocycles. The van der Waals surface area contributed by atoms with Crippen molar-refractivity contribution in [3.8, 4) is 0 Å². The van der Waals surface area contributed by atoms with Crippen molar-refractivity contribution in [1.82, 2.24) is 0 Å². The predicted octanol–water partition coefficient (Wildman–Crippen LogP) is 5.38. The fourth-order valence-electron chi connectivity index (χ4n) is 3.18. The van der Waals surface area contributed by atoms with Crippen molar-refractivity contribution in [2.45, 2.75) is 54.4 Å². The summed E-state index contributed by atoms with van der Waals surface area (Å²) in [5.74, 6) is 1.18. The SMILES string of the molecule is CC/C=C/C=C(C)/C(=C/C1=C(C)C(=O)C(C)CC1(C)C)OC. The van der Waals surface area contributed by atoms with Crippen molar-refractivity contribution in [2.24, 2.45) is 11.3 Å². The van der Waals surface area contributed by atoms with Gasteiger partial charge in [0.25, 0.3) is 0 Å². The number of rotatable bonds is 5. The van der Waals surface area contributed by atoms with Crippen LogP contribution in [0.1, 0.15) is 54.4 Å². The van der Waals surface area contributed by atoms with Crippen LogP contribution in [-0.4, -0.2) is 12.9 Å². The highest BCUT2D eigenvalue weighted by Gasteiger charge is 2.35. The topological polar surface area (TPSA) is 26.3 Å². The number of ether oxygens (including phenoxy) is 1. The molecule has 0 aromatic heterocycles. The third-order valence-corrected chi connectivity index (χ3v) is 4.37. The van der Waals surface area contributed by atoms with Gasteiger partial charge in [0.15, 0.2) is 5.78 Å². The quantitative estimate of drug-likeness (QED) is 0.503. The van der Waals surface area contributed by atoms with Gasteiger partial charge in [-0.15, -0.1) is 0 Å². The van der Waals surface area contributed by atoms with Gasteiger partial charge in [-0.2, -0.15) is 0 Å². The van der Waals surface area contributed by atoms with Crippen LogP contribution in [0.5, 0.6) is 0 Å². The number of methoxy groups -OCH3 is 1. The van der Waals surface area contributed by atoms with Gasteiger partial charge in [-0.25, -0.2) is 0 Å². The van der Waals surface area contributed by atoms with E-state index in [0.717, 1.165) is 35.3 Å². The lowest BCUT2D eigenvalue weighted by molar-refractivity contribution is -0.120. The zero-order valence-electron chi connectivity index (χ0n) is 15.1. The number of hydrogen-bond acceptors (Lipinski definition) is 2. The fraction of sp³-hybridized carbons (Fsp3) is 0.550. The van der Waals surface area contributed by atoms with Gasteiger partial charge in [0.05, 0.1) is 7.11 Å². The normalized spacial score (nSPS) is 23.4. The van der Waals surface area contributed by atoms with Crippen molar-refractivity contribution < 1.29 is 9.53 Å². The van der Waals surface area contributed by atoms with Crippen LogP contribution in [0.2, 0.25) is 0 Å². The van der Waals surface area contributed by atoms with Gasteiger partial charge in [0, 0.05) is 5.92 Å². The van der Waals surface area contributed by atoms with E-state index in [1.165, 1.54) is 0 Å². The number of hydrogen-bond donors (Lipinski definition) is 0. The summed E-state index contributed by atoms with van der Waals surface area (Å²) in [6, 6.07) is 0. The molecule has 0 saturated carbocycles. The molecule has 122 valence electrons. The van der Waals surface area contributed by atoms with Gasteiger partial charge < -0.3 is 4.74 Å². The summed E-state index contributed by atoms with van der Waals surface area (Å²) in [5.41, 5.74) is 3.02. The van der Waals surface area contributed by atoms with E-state index in [-0.39, 0.29) is 17.1 Å². The summed E-state index contributed by atoms with van der Waals surface area (Å²) in [6.07, 6.45) is 10.1. The summed E-state index contributed by atoms with van der Waals surface area (Å²) in [5, 5.41) is 0. The lowest BCUT2D eigenvalue weighted by atomic mass is 9.68. The highest BCUT2D eigenvalue weighted by Crippen LogP contribution is 2.42. The van der Waals surface area contributed by atoms with Crippen LogP contribution in [0, 0.1) is 11.3 Å². The Morgan fingerprint density at radius 2 is 2.05 bits per heavy atom. The second-order valence-electron chi connectivity index (χ2n) is 6.79. The molecule has 1 unspecified atom stereocenters. The monoisotopic (exact) mass is 302 g/mol. The predicted molar refractivity (Wildman–Crippen MR) is 93.5 cm³/mol. The van der Waals surface area contributed by atoms with Crippen molar-refractivity contribution in [3.05, 3.63) is 46.8 Å². The van der Waals surface area contributed by atoms with Crippen LogP contribution in [-0.2, 0) is 9.53 Å². The van der Waals surface area contributed by atoms with E-state index >= 15 is 0 Å². The Balaban J connectivity index is 3.28. The molecule has 0 amide bonds. The Labute approximate surface area is 135 Å². The number of carbonyl (C=O) groups excluding carboxylic acids is 1.